The predicted molar refractivity (Wildman–Crippen MR) is 23.8 cm³/mol. The third-order valence-electron chi connectivity index (χ3n) is 0.260. The SMILES string of the molecule is CC(Br)=C(F)F. The summed E-state index contributed by atoms with van der Waals surface area (Å²) >= 11 is 2.57. The summed E-state index contributed by atoms with van der Waals surface area (Å²) in [5, 5.41) is 0. The van der Waals surface area contributed by atoms with E-state index in [2.05, 4.69) is 15.9 Å². The van der Waals surface area contributed by atoms with Gasteiger partial charge in [0.25, 0.3) is 6.08 Å². The second-order valence-corrected chi connectivity index (χ2v) is 1.98. The fourth-order valence-electron chi connectivity index (χ4n) is 0. The lowest BCUT2D eigenvalue weighted by Crippen LogP contribution is -1.56. The molecule has 0 aromatic carbocycles. The fourth-order valence-corrected chi connectivity index (χ4v) is 0. The van der Waals surface area contributed by atoms with Crippen LogP contribution in [0.1, 0.15) is 6.92 Å². The minimum Gasteiger partial charge on any atom is -0.173 e. The van der Waals surface area contributed by atoms with Crippen molar-refractivity contribution in [1.82, 2.24) is 0 Å². The van der Waals surface area contributed by atoms with Crippen LogP contribution < -0.4 is 0 Å². The highest BCUT2D eigenvalue weighted by Gasteiger charge is 1.89. The molecule has 0 bridgehead atoms. The molecule has 0 spiro atoms. The molecular formula is C3H3BrF2. The molecule has 0 radical (unpaired) electrons. The zero-order valence-electron chi connectivity index (χ0n) is 3.13. The minimum atomic E-state index is -1.66. The van der Waals surface area contributed by atoms with E-state index in [-0.39, 0.29) is 4.48 Å². The molecule has 0 saturated heterocycles. The molecule has 3 heteroatoms. The van der Waals surface area contributed by atoms with Gasteiger partial charge in [-0.05, 0) is 6.92 Å². The van der Waals surface area contributed by atoms with E-state index in [1.54, 1.807) is 0 Å². The predicted octanol–water partition coefficient (Wildman–Crippen LogP) is 2.51. The topological polar surface area (TPSA) is 0 Å². The highest BCUT2D eigenvalue weighted by atomic mass is 79.9. The van der Waals surface area contributed by atoms with Crippen molar-refractivity contribution >= 4 is 15.9 Å². The summed E-state index contributed by atoms with van der Waals surface area (Å²) in [6.07, 6.45) is -1.66. The van der Waals surface area contributed by atoms with Gasteiger partial charge in [-0.3, -0.25) is 0 Å². The van der Waals surface area contributed by atoms with Gasteiger partial charge in [0.05, 0.1) is 4.48 Å². The number of halogens is 3. The van der Waals surface area contributed by atoms with E-state index in [0.29, 0.717) is 0 Å². The first-order valence-corrected chi connectivity index (χ1v) is 2.11. The van der Waals surface area contributed by atoms with Crippen LogP contribution in [0.25, 0.3) is 0 Å². The van der Waals surface area contributed by atoms with E-state index >= 15 is 0 Å². The van der Waals surface area contributed by atoms with Gasteiger partial charge in [-0.2, -0.15) is 8.78 Å². The molecule has 0 amide bonds. The summed E-state index contributed by atoms with van der Waals surface area (Å²) in [5.74, 6) is 0. The van der Waals surface area contributed by atoms with E-state index in [1.165, 1.54) is 6.92 Å². The molecule has 0 fully saturated rings. The third-order valence-corrected chi connectivity index (χ3v) is 0.560. The van der Waals surface area contributed by atoms with E-state index < -0.39 is 6.08 Å². The maximum absolute atomic E-state index is 11.0. The van der Waals surface area contributed by atoms with E-state index in [0.717, 1.165) is 0 Å². The standard InChI is InChI=1S/C3H3BrF2/c1-2(4)3(5)6/h1H3. The van der Waals surface area contributed by atoms with Crippen molar-refractivity contribution in [2.75, 3.05) is 0 Å². The molecule has 0 aromatic heterocycles. The summed E-state index contributed by atoms with van der Waals surface area (Å²) < 4.78 is 21.9. The second-order valence-electron chi connectivity index (χ2n) is 0.794. The van der Waals surface area contributed by atoms with Gasteiger partial charge < -0.3 is 0 Å². The Balaban J connectivity index is 3.68. The van der Waals surface area contributed by atoms with Gasteiger partial charge in [0, 0.05) is 0 Å². The first-order chi connectivity index (χ1) is 2.64. The van der Waals surface area contributed by atoms with Gasteiger partial charge in [-0.1, -0.05) is 15.9 Å². The second kappa shape index (κ2) is 2.29. The van der Waals surface area contributed by atoms with Crippen LogP contribution in [0.5, 0.6) is 0 Å². The zero-order valence-corrected chi connectivity index (χ0v) is 4.72. The Morgan fingerprint density at radius 2 is 1.67 bits per heavy atom. The van der Waals surface area contributed by atoms with E-state index in [1.807, 2.05) is 0 Å². The quantitative estimate of drug-likeness (QED) is 0.506. The van der Waals surface area contributed by atoms with Crippen molar-refractivity contribution in [3.8, 4) is 0 Å². The lowest BCUT2D eigenvalue weighted by Gasteiger charge is -1.75. The van der Waals surface area contributed by atoms with Crippen molar-refractivity contribution in [2.45, 2.75) is 6.92 Å². The molecule has 0 atom stereocenters. The smallest absolute Gasteiger partial charge is 0.173 e. The maximum atomic E-state index is 11.0. The number of rotatable bonds is 0. The van der Waals surface area contributed by atoms with Crippen LogP contribution in [0, 0.1) is 0 Å². The maximum Gasteiger partial charge on any atom is 0.280 e. The molecule has 0 rings (SSSR count). The third kappa shape index (κ3) is 2.33. The Hall–Kier alpha value is 0.0800. The molecule has 0 saturated carbocycles. The average Bonchev–Trinajstić information content (AvgIpc) is 1.36. The van der Waals surface area contributed by atoms with Gasteiger partial charge in [0.2, 0.25) is 0 Å². The summed E-state index contributed by atoms with van der Waals surface area (Å²) in [6.45, 7) is 1.29. The Kier molecular flexibility index (Phi) is 2.32. The lowest BCUT2D eigenvalue weighted by molar-refractivity contribution is 0.418. The summed E-state index contributed by atoms with van der Waals surface area (Å²) in [5.41, 5.74) is 0. The van der Waals surface area contributed by atoms with E-state index in [4.69, 9.17) is 0 Å². The van der Waals surface area contributed by atoms with Crippen LogP contribution in [0.2, 0.25) is 0 Å². The molecule has 0 unspecified atom stereocenters. The van der Waals surface area contributed by atoms with Crippen molar-refractivity contribution in [1.29, 1.82) is 0 Å². The van der Waals surface area contributed by atoms with Crippen molar-refractivity contribution in [3.63, 3.8) is 0 Å². The van der Waals surface area contributed by atoms with Crippen molar-refractivity contribution < 1.29 is 8.78 Å². The molecule has 0 N–H and O–H groups in total. The van der Waals surface area contributed by atoms with Gasteiger partial charge >= 0.3 is 0 Å². The van der Waals surface area contributed by atoms with Crippen LogP contribution in [0.4, 0.5) is 8.78 Å². The number of hydrogen-bond acceptors (Lipinski definition) is 0. The highest BCUT2D eigenvalue weighted by molar-refractivity contribution is 9.11. The number of allylic oxidation sites excluding steroid dienone is 1. The van der Waals surface area contributed by atoms with E-state index in [9.17, 15) is 8.78 Å². The molecule has 6 heavy (non-hydrogen) atoms. The van der Waals surface area contributed by atoms with Crippen LogP contribution in [0.15, 0.2) is 10.6 Å². The fraction of sp³-hybridized carbons (Fsp3) is 0.333. The molecule has 0 heterocycles. The number of hydrogen-bond donors (Lipinski definition) is 0. The molecule has 0 nitrogen and oxygen atoms in total. The lowest BCUT2D eigenvalue weighted by atomic mass is 10.7. The molecule has 0 aliphatic heterocycles. The highest BCUT2D eigenvalue weighted by Crippen LogP contribution is 2.11. The Morgan fingerprint density at radius 1 is 1.50 bits per heavy atom. The van der Waals surface area contributed by atoms with Gasteiger partial charge in [-0.15, -0.1) is 0 Å². The van der Waals surface area contributed by atoms with Crippen LogP contribution >= 0.6 is 15.9 Å². The Bertz CT molecular complexity index is 58.9. The summed E-state index contributed by atoms with van der Waals surface area (Å²) in [4.78, 5) is 0. The monoisotopic (exact) mass is 156 g/mol. The molecule has 36 valence electrons. The summed E-state index contributed by atoms with van der Waals surface area (Å²) in [6, 6.07) is 0. The Labute approximate surface area is 43.0 Å². The molecule has 0 aromatic rings. The first-order valence-electron chi connectivity index (χ1n) is 1.32. The summed E-state index contributed by atoms with van der Waals surface area (Å²) in [7, 11) is 0. The van der Waals surface area contributed by atoms with Crippen LogP contribution in [-0.2, 0) is 0 Å². The Morgan fingerprint density at radius 3 is 1.67 bits per heavy atom. The van der Waals surface area contributed by atoms with Crippen molar-refractivity contribution in [3.05, 3.63) is 10.6 Å². The molecular weight excluding hydrogens is 154 g/mol. The zero-order chi connectivity index (χ0) is 5.15. The van der Waals surface area contributed by atoms with Crippen LogP contribution in [-0.4, -0.2) is 0 Å². The van der Waals surface area contributed by atoms with Gasteiger partial charge in [0.1, 0.15) is 0 Å². The normalized spacial score (nSPS) is 8.00. The molecule has 0 aliphatic rings. The van der Waals surface area contributed by atoms with Crippen LogP contribution in [0.3, 0.4) is 0 Å². The minimum absolute atomic E-state index is 0.0949. The molecule has 0 aliphatic carbocycles. The van der Waals surface area contributed by atoms with Gasteiger partial charge in [0.15, 0.2) is 0 Å². The average molecular weight is 157 g/mol. The first kappa shape index (κ1) is 6.08. The largest absolute Gasteiger partial charge is 0.280 e. The van der Waals surface area contributed by atoms with Crippen molar-refractivity contribution in [2.24, 2.45) is 0 Å². The van der Waals surface area contributed by atoms with Gasteiger partial charge in [-0.25, -0.2) is 0 Å².